The lowest BCUT2D eigenvalue weighted by atomic mass is 9.92. The van der Waals surface area contributed by atoms with Crippen molar-refractivity contribution in [1.29, 1.82) is 0 Å². The summed E-state index contributed by atoms with van der Waals surface area (Å²) in [4.78, 5) is 0. The fourth-order valence-corrected chi connectivity index (χ4v) is 2.60. The van der Waals surface area contributed by atoms with Gasteiger partial charge in [0.05, 0.1) is 21.3 Å². The lowest BCUT2D eigenvalue weighted by molar-refractivity contribution is 0.367. The van der Waals surface area contributed by atoms with Gasteiger partial charge < -0.3 is 14.2 Å². The molecule has 0 N–H and O–H groups in total. The average Bonchev–Trinajstić information content (AvgIpc) is 2.55. The van der Waals surface area contributed by atoms with Crippen LogP contribution in [0.1, 0.15) is 29.5 Å². The molecule has 0 radical (unpaired) electrons. The Kier molecular flexibility index (Phi) is 5.31. The van der Waals surface area contributed by atoms with E-state index in [1.165, 1.54) is 11.1 Å². The summed E-state index contributed by atoms with van der Waals surface area (Å²) in [6.07, 6.45) is 0.847. The summed E-state index contributed by atoms with van der Waals surface area (Å²) in [7, 11) is 4.99. The van der Waals surface area contributed by atoms with Gasteiger partial charge >= 0.3 is 0 Å². The number of hydrogen-bond donors (Lipinski definition) is 0. The Balaban J connectivity index is 2.33. The zero-order valence-corrected chi connectivity index (χ0v) is 14.0. The predicted molar refractivity (Wildman–Crippen MR) is 89.4 cm³/mol. The molecule has 0 saturated heterocycles. The minimum Gasteiger partial charge on any atom is -0.496 e. The maximum atomic E-state index is 5.53. The van der Waals surface area contributed by atoms with Crippen molar-refractivity contribution in [3.63, 3.8) is 0 Å². The van der Waals surface area contributed by atoms with Gasteiger partial charge in [-0.3, -0.25) is 0 Å². The molecule has 0 bridgehead atoms. The van der Waals surface area contributed by atoms with Crippen LogP contribution in [0.25, 0.3) is 0 Å². The number of methoxy groups -OCH3 is 3. The van der Waals surface area contributed by atoms with Crippen LogP contribution in [0.5, 0.6) is 17.2 Å². The molecular formula is C19H24O3. The fourth-order valence-electron chi connectivity index (χ4n) is 2.60. The first-order valence-electron chi connectivity index (χ1n) is 7.44. The van der Waals surface area contributed by atoms with Crippen molar-refractivity contribution in [3.8, 4) is 17.2 Å². The van der Waals surface area contributed by atoms with Crippen molar-refractivity contribution in [3.05, 3.63) is 53.1 Å². The Morgan fingerprint density at radius 2 is 1.41 bits per heavy atom. The molecule has 0 aliphatic heterocycles. The van der Waals surface area contributed by atoms with Crippen LogP contribution in [-0.2, 0) is 6.42 Å². The molecule has 0 heterocycles. The lowest BCUT2D eigenvalue weighted by Gasteiger charge is -2.18. The van der Waals surface area contributed by atoms with Crippen LogP contribution in [0.15, 0.2) is 36.4 Å². The van der Waals surface area contributed by atoms with E-state index in [1.54, 1.807) is 21.3 Å². The van der Waals surface area contributed by atoms with Crippen LogP contribution in [-0.4, -0.2) is 21.3 Å². The van der Waals surface area contributed by atoms with E-state index in [1.807, 2.05) is 12.1 Å². The third-order valence-electron chi connectivity index (χ3n) is 3.97. The summed E-state index contributed by atoms with van der Waals surface area (Å²) < 4.78 is 16.3. The highest BCUT2D eigenvalue weighted by Crippen LogP contribution is 2.37. The first-order valence-corrected chi connectivity index (χ1v) is 7.44. The highest BCUT2D eigenvalue weighted by atomic mass is 16.5. The highest BCUT2D eigenvalue weighted by Gasteiger charge is 2.17. The number of benzene rings is 2. The Morgan fingerprint density at radius 3 is 1.86 bits per heavy atom. The summed E-state index contributed by atoms with van der Waals surface area (Å²) in [5.41, 5.74) is 3.65. The van der Waals surface area contributed by atoms with E-state index in [0.29, 0.717) is 5.92 Å². The van der Waals surface area contributed by atoms with E-state index in [4.69, 9.17) is 14.2 Å². The first kappa shape index (κ1) is 16.2. The molecule has 2 rings (SSSR count). The molecule has 2 aromatic rings. The van der Waals surface area contributed by atoms with E-state index in [-0.39, 0.29) is 0 Å². The minimum atomic E-state index is 0.372. The van der Waals surface area contributed by atoms with Crippen molar-refractivity contribution in [2.24, 2.45) is 0 Å². The molecule has 0 spiro atoms. The zero-order valence-electron chi connectivity index (χ0n) is 14.0. The minimum absolute atomic E-state index is 0.372. The zero-order chi connectivity index (χ0) is 16.1. The monoisotopic (exact) mass is 300 g/mol. The quantitative estimate of drug-likeness (QED) is 0.793. The molecular weight excluding hydrogens is 276 g/mol. The second kappa shape index (κ2) is 7.21. The SMILES string of the molecule is COc1cc(OC)c(C[C@@H](C)c2ccc(C)cc2)c(OC)c1. The Bertz CT molecular complexity index is 592. The number of ether oxygens (including phenoxy) is 3. The summed E-state index contributed by atoms with van der Waals surface area (Å²) in [5.74, 6) is 2.71. The van der Waals surface area contributed by atoms with Gasteiger partial charge in [-0.15, -0.1) is 0 Å². The number of aryl methyl sites for hydroxylation is 1. The van der Waals surface area contributed by atoms with Crippen molar-refractivity contribution in [1.82, 2.24) is 0 Å². The highest BCUT2D eigenvalue weighted by molar-refractivity contribution is 5.51. The predicted octanol–water partition coefficient (Wildman–Crippen LogP) is 4.37. The molecule has 2 aromatic carbocycles. The van der Waals surface area contributed by atoms with Gasteiger partial charge in [-0.2, -0.15) is 0 Å². The van der Waals surface area contributed by atoms with Gasteiger partial charge in [0.2, 0.25) is 0 Å². The van der Waals surface area contributed by atoms with Crippen LogP contribution in [0.2, 0.25) is 0 Å². The van der Waals surface area contributed by atoms with Crippen LogP contribution in [0.4, 0.5) is 0 Å². The Morgan fingerprint density at radius 1 is 0.864 bits per heavy atom. The van der Waals surface area contributed by atoms with Crippen molar-refractivity contribution < 1.29 is 14.2 Å². The van der Waals surface area contributed by atoms with E-state index < -0.39 is 0 Å². The molecule has 0 saturated carbocycles. The molecule has 0 aromatic heterocycles. The van der Waals surface area contributed by atoms with Crippen LogP contribution >= 0.6 is 0 Å². The van der Waals surface area contributed by atoms with Crippen molar-refractivity contribution >= 4 is 0 Å². The molecule has 22 heavy (non-hydrogen) atoms. The average molecular weight is 300 g/mol. The van der Waals surface area contributed by atoms with Gasteiger partial charge in [0.15, 0.2) is 0 Å². The summed E-state index contributed by atoms with van der Waals surface area (Å²) >= 11 is 0. The van der Waals surface area contributed by atoms with Crippen LogP contribution in [0, 0.1) is 6.92 Å². The molecule has 0 amide bonds. The summed E-state index contributed by atoms with van der Waals surface area (Å²) in [5, 5.41) is 0. The summed E-state index contributed by atoms with van der Waals surface area (Å²) in [6, 6.07) is 12.5. The van der Waals surface area contributed by atoms with E-state index in [0.717, 1.165) is 29.2 Å². The molecule has 0 fully saturated rings. The third-order valence-corrected chi connectivity index (χ3v) is 3.97. The van der Waals surface area contributed by atoms with Gasteiger partial charge in [0.25, 0.3) is 0 Å². The number of rotatable bonds is 6. The van der Waals surface area contributed by atoms with Crippen molar-refractivity contribution in [2.75, 3.05) is 21.3 Å². The Hall–Kier alpha value is -2.16. The van der Waals surface area contributed by atoms with E-state index >= 15 is 0 Å². The molecule has 118 valence electrons. The second-order valence-electron chi connectivity index (χ2n) is 5.53. The normalized spacial score (nSPS) is 11.9. The van der Waals surface area contributed by atoms with Gasteiger partial charge in [-0.25, -0.2) is 0 Å². The largest absolute Gasteiger partial charge is 0.496 e. The molecule has 0 aliphatic carbocycles. The smallest absolute Gasteiger partial charge is 0.129 e. The fraction of sp³-hybridized carbons (Fsp3) is 0.368. The van der Waals surface area contributed by atoms with E-state index in [9.17, 15) is 0 Å². The maximum absolute atomic E-state index is 5.53. The molecule has 3 heteroatoms. The lowest BCUT2D eigenvalue weighted by Crippen LogP contribution is -2.04. The topological polar surface area (TPSA) is 27.7 Å². The van der Waals surface area contributed by atoms with E-state index in [2.05, 4.69) is 38.1 Å². The Labute approximate surface area is 132 Å². The number of hydrogen-bond acceptors (Lipinski definition) is 3. The van der Waals surface area contributed by atoms with Crippen molar-refractivity contribution in [2.45, 2.75) is 26.2 Å². The van der Waals surface area contributed by atoms with Gasteiger partial charge in [-0.1, -0.05) is 36.8 Å². The first-order chi connectivity index (χ1) is 10.6. The second-order valence-corrected chi connectivity index (χ2v) is 5.53. The molecule has 0 aliphatic rings. The van der Waals surface area contributed by atoms with Crippen LogP contribution < -0.4 is 14.2 Å². The molecule has 1 atom stereocenters. The maximum Gasteiger partial charge on any atom is 0.129 e. The van der Waals surface area contributed by atoms with Crippen LogP contribution in [0.3, 0.4) is 0 Å². The molecule has 0 unspecified atom stereocenters. The van der Waals surface area contributed by atoms with Gasteiger partial charge in [0.1, 0.15) is 17.2 Å². The summed E-state index contributed by atoms with van der Waals surface area (Å²) in [6.45, 7) is 4.32. The van der Waals surface area contributed by atoms with Gasteiger partial charge in [0, 0.05) is 17.7 Å². The molecule has 3 nitrogen and oxygen atoms in total. The third kappa shape index (κ3) is 3.53. The standard InChI is InChI=1S/C19H24O3/c1-13-6-8-15(9-7-13)14(2)10-17-18(21-4)11-16(20-3)12-19(17)22-5/h6-9,11-12,14H,10H2,1-5H3/t14-/m1/s1. The van der Waals surface area contributed by atoms with Gasteiger partial charge in [-0.05, 0) is 24.8 Å².